The van der Waals surface area contributed by atoms with Gasteiger partial charge >= 0.3 is 0 Å². The van der Waals surface area contributed by atoms with E-state index in [-0.39, 0.29) is 18.4 Å². The molecule has 5 nitrogen and oxygen atoms in total. The molecular formula is C12H16ClN3O2. The van der Waals surface area contributed by atoms with Gasteiger partial charge in [-0.15, -0.1) is 0 Å². The van der Waals surface area contributed by atoms with Crippen LogP contribution in [0.15, 0.2) is 18.5 Å². The van der Waals surface area contributed by atoms with Crippen molar-refractivity contribution in [2.24, 2.45) is 0 Å². The monoisotopic (exact) mass is 269 g/mol. The van der Waals surface area contributed by atoms with E-state index in [9.17, 15) is 9.59 Å². The predicted molar refractivity (Wildman–Crippen MR) is 69.5 cm³/mol. The molecule has 18 heavy (non-hydrogen) atoms. The van der Waals surface area contributed by atoms with Crippen LogP contribution in [0.4, 0.5) is 0 Å². The van der Waals surface area contributed by atoms with Crippen LogP contribution < -0.4 is 5.32 Å². The van der Waals surface area contributed by atoms with Crippen molar-refractivity contribution in [3.05, 3.63) is 29.0 Å². The molecule has 0 fully saturated rings. The molecule has 0 aliphatic heterocycles. The molecule has 0 radical (unpaired) electrons. The Balaban J connectivity index is 2.89. The largest absolute Gasteiger partial charge is 0.358 e. The van der Waals surface area contributed by atoms with E-state index in [0.29, 0.717) is 17.1 Å². The maximum absolute atomic E-state index is 12.2. The summed E-state index contributed by atoms with van der Waals surface area (Å²) >= 11 is 5.95. The summed E-state index contributed by atoms with van der Waals surface area (Å²) in [6, 6.07) is 1.55. The Labute approximate surface area is 111 Å². The summed E-state index contributed by atoms with van der Waals surface area (Å²) in [5.41, 5.74) is 0.316. The van der Waals surface area contributed by atoms with Crippen molar-refractivity contribution in [1.82, 2.24) is 15.2 Å². The zero-order chi connectivity index (χ0) is 13.5. The lowest BCUT2D eigenvalue weighted by molar-refractivity contribution is -0.121. The molecule has 0 aliphatic rings. The van der Waals surface area contributed by atoms with Crippen molar-refractivity contribution in [3.8, 4) is 0 Å². The van der Waals surface area contributed by atoms with Crippen LogP contribution in [0.2, 0.25) is 5.02 Å². The number of likely N-dealkylation sites (N-methyl/N-ethyl adjacent to an activating group) is 1. The molecule has 0 aromatic carbocycles. The minimum atomic E-state index is -0.279. The second-order valence-electron chi connectivity index (χ2n) is 3.76. The number of rotatable bonds is 5. The van der Waals surface area contributed by atoms with Crippen molar-refractivity contribution in [2.75, 3.05) is 20.1 Å². The van der Waals surface area contributed by atoms with Crippen molar-refractivity contribution >= 4 is 23.4 Å². The lowest BCUT2D eigenvalue weighted by Crippen LogP contribution is -2.40. The highest BCUT2D eigenvalue weighted by molar-refractivity contribution is 6.33. The van der Waals surface area contributed by atoms with E-state index in [0.717, 1.165) is 6.42 Å². The van der Waals surface area contributed by atoms with E-state index in [4.69, 9.17) is 11.6 Å². The summed E-state index contributed by atoms with van der Waals surface area (Å²) in [5.74, 6) is -0.490. The van der Waals surface area contributed by atoms with Crippen LogP contribution in [0.1, 0.15) is 23.7 Å². The first-order chi connectivity index (χ1) is 8.60. The minimum Gasteiger partial charge on any atom is -0.358 e. The molecule has 98 valence electrons. The topological polar surface area (TPSA) is 62.3 Å². The van der Waals surface area contributed by atoms with E-state index >= 15 is 0 Å². The van der Waals surface area contributed by atoms with Crippen LogP contribution in [0.25, 0.3) is 0 Å². The number of halogens is 1. The maximum atomic E-state index is 12.2. The van der Waals surface area contributed by atoms with Gasteiger partial charge < -0.3 is 10.2 Å². The number of nitrogens with one attached hydrogen (secondary N) is 1. The quantitative estimate of drug-likeness (QED) is 0.877. The fraction of sp³-hybridized carbons (Fsp3) is 0.417. The molecule has 0 saturated carbocycles. The van der Waals surface area contributed by atoms with E-state index in [1.807, 2.05) is 6.92 Å². The van der Waals surface area contributed by atoms with Crippen LogP contribution in [0, 0.1) is 0 Å². The highest BCUT2D eigenvalue weighted by Crippen LogP contribution is 2.15. The molecule has 1 aromatic heterocycles. The lowest BCUT2D eigenvalue weighted by Gasteiger charge is -2.21. The molecule has 0 saturated heterocycles. The van der Waals surface area contributed by atoms with Crippen LogP contribution >= 0.6 is 11.6 Å². The Morgan fingerprint density at radius 1 is 1.50 bits per heavy atom. The maximum Gasteiger partial charge on any atom is 0.257 e. The normalized spacial score (nSPS) is 9.94. The van der Waals surface area contributed by atoms with E-state index in [2.05, 4.69) is 10.3 Å². The van der Waals surface area contributed by atoms with Gasteiger partial charge in [-0.25, -0.2) is 0 Å². The summed E-state index contributed by atoms with van der Waals surface area (Å²) in [6.45, 7) is 2.46. The highest BCUT2D eigenvalue weighted by Gasteiger charge is 2.19. The number of hydrogen-bond acceptors (Lipinski definition) is 3. The van der Waals surface area contributed by atoms with Gasteiger partial charge in [0.15, 0.2) is 0 Å². The average Bonchev–Trinajstić information content (AvgIpc) is 2.38. The SMILES string of the molecule is CCCN(CC(=O)NC)C(=O)c1cnccc1Cl. The summed E-state index contributed by atoms with van der Waals surface area (Å²) in [5, 5.41) is 2.83. The van der Waals surface area contributed by atoms with E-state index in [1.54, 1.807) is 6.07 Å². The van der Waals surface area contributed by atoms with Gasteiger partial charge in [-0.3, -0.25) is 14.6 Å². The first-order valence-electron chi connectivity index (χ1n) is 5.69. The third-order valence-electron chi connectivity index (χ3n) is 2.39. The molecule has 0 aliphatic carbocycles. The average molecular weight is 270 g/mol. The molecule has 0 spiro atoms. The van der Waals surface area contributed by atoms with Crippen LogP contribution in [0.3, 0.4) is 0 Å². The molecule has 6 heteroatoms. The van der Waals surface area contributed by atoms with E-state index < -0.39 is 0 Å². The fourth-order valence-electron chi connectivity index (χ4n) is 1.48. The molecule has 0 bridgehead atoms. The summed E-state index contributed by atoms with van der Waals surface area (Å²) in [4.78, 5) is 28.9. The zero-order valence-corrected chi connectivity index (χ0v) is 11.2. The summed E-state index contributed by atoms with van der Waals surface area (Å²) in [6.07, 6.45) is 3.69. The van der Waals surface area contributed by atoms with Crippen molar-refractivity contribution in [1.29, 1.82) is 0 Å². The van der Waals surface area contributed by atoms with Gasteiger partial charge in [-0.2, -0.15) is 0 Å². The smallest absolute Gasteiger partial charge is 0.257 e. The number of aromatic nitrogens is 1. The first-order valence-corrected chi connectivity index (χ1v) is 6.07. The fourth-order valence-corrected chi connectivity index (χ4v) is 1.67. The first kappa shape index (κ1) is 14.4. The predicted octanol–water partition coefficient (Wildman–Crippen LogP) is 1.33. The number of carbonyl (C=O) groups excluding carboxylic acids is 2. The van der Waals surface area contributed by atoms with Crippen LogP contribution in [0.5, 0.6) is 0 Å². The van der Waals surface area contributed by atoms with Gasteiger partial charge in [-0.05, 0) is 12.5 Å². The van der Waals surface area contributed by atoms with Gasteiger partial charge in [0, 0.05) is 26.0 Å². The number of nitrogens with zero attached hydrogens (tertiary/aromatic N) is 2. The Morgan fingerprint density at radius 3 is 2.78 bits per heavy atom. The third kappa shape index (κ3) is 3.70. The Bertz CT molecular complexity index is 437. The number of amides is 2. The van der Waals surface area contributed by atoms with Crippen molar-refractivity contribution in [2.45, 2.75) is 13.3 Å². The molecule has 1 rings (SSSR count). The Morgan fingerprint density at radius 2 is 2.22 bits per heavy atom. The van der Waals surface area contributed by atoms with Gasteiger partial charge in [0.05, 0.1) is 17.1 Å². The standard InChI is InChI=1S/C12H16ClN3O2/c1-3-6-16(8-11(17)14-2)12(18)9-7-15-5-4-10(9)13/h4-5,7H,3,6,8H2,1-2H3,(H,14,17). The van der Waals surface area contributed by atoms with E-state index in [1.165, 1.54) is 24.3 Å². The minimum absolute atomic E-state index is 0.0222. The molecular weight excluding hydrogens is 254 g/mol. The molecule has 1 N–H and O–H groups in total. The second kappa shape index (κ2) is 6.96. The number of carbonyl (C=O) groups is 2. The van der Waals surface area contributed by atoms with Crippen LogP contribution in [-0.2, 0) is 4.79 Å². The summed E-state index contributed by atoms with van der Waals surface area (Å²) < 4.78 is 0. The lowest BCUT2D eigenvalue weighted by atomic mass is 10.2. The van der Waals surface area contributed by atoms with Gasteiger partial charge in [-0.1, -0.05) is 18.5 Å². The van der Waals surface area contributed by atoms with Gasteiger partial charge in [0.2, 0.25) is 5.91 Å². The number of pyridine rings is 1. The van der Waals surface area contributed by atoms with Crippen LogP contribution in [-0.4, -0.2) is 41.8 Å². The highest BCUT2D eigenvalue weighted by atomic mass is 35.5. The second-order valence-corrected chi connectivity index (χ2v) is 4.16. The number of hydrogen-bond donors (Lipinski definition) is 1. The molecule has 0 unspecified atom stereocenters. The third-order valence-corrected chi connectivity index (χ3v) is 2.72. The van der Waals surface area contributed by atoms with Crippen molar-refractivity contribution < 1.29 is 9.59 Å². The summed E-state index contributed by atoms with van der Waals surface area (Å²) in [7, 11) is 1.54. The molecule has 0 atom stereocenters. The van der Waals surface area contributed by atoms with Gasteiger partial charge in [0.1, 0.15) is 0 Å². The molecule has 1 aromatic rings. The van der Waals surface area contributed by atoms with Crippen molar-refractivity contribution in [3.63, 3.8) is 0 Å². The molecule has 2 amide bonds. The van der Waals surface area contributed by atoms with Gasteiger partial charge in [0.25, 0.3) is 5.91 Å². The molecule has 1 heterocycles. The Kier molecular flexibility index (Phi) is 5.58. The zero-order valence-electron chi connectivity index (χ0n) is 10.4. The Hall–Kier alpha value is -1.62.